The number of nitrogens with zero attached hydrogens (tertiary/aromatic N) is 1. The van der Waals surface area contributed by atoms with Gasteiger partial charge in [-0.2, -0.15) is 0 Å². The Morgan fingerprint density at radius 3 is 2.94 bits per heavy atom. The summed E-state index contributed by atoms with van der Waals surface area (Å²) in [4.78, 5) is 0. The molecule has 1 saturated carbocycles. The van der Waals surface area contributed by atoms with Crippen molar-refractivity contribution in [1.29, 1.82) is 0 Å². The van der Waals surface area contributed by atoms with Crippen molar-refractivity contribution in [2.75, 3.05) is 0 Å². The smallest absolute Gasteiger partial charge is 0.150 e. The zero-order valence-electron chi connectivity index (χ0n) is 9.73. The molecule has 1 aromatic heterocycles. The monoisotopic (exact) mass is 228 g/mol. The largest absolute Gasteiger partial charge is 0.360 e. The van der Waals surface area contributed by atoms with E-state index in [4.69, 9.17) is 4.52 Å². The zero-order valence-corrected chi connectivity index (χ0v) is 9.73. The Balaban J connectivity index is 1.55. The van der Waals surface area contributed by atoms with Crippen molar-refractivity contribution in [1.82, 2.24) is 10.5 Å². The Labute approximate surface area is 101 Å². The maximum atomic E-state index is 5.03. The molecule has 1 heterocycles. The average Bonchev–Trinajstić information content (AvgIpc) is 3.09. The van der Waals surface area contributed by atoms with Crippen LogP contribution in [0.2, 0.25) is 0 Å². The van der Waals surface area contributed by atoms with Gasteiger partial charge in [0.25, 0.3) is 0 Å². The summed E-state index contributed by atoms with van der Waals surface area (Å²) in [5, 5.41) is 7.04. The highest BCUT2D eigenvalue weighted by Crippen LogP contribution is 2.40. The van der Waals surface area contributed by atoms with Crippen LogP contribution < -0.4 is 5.32 Å². The van der Waals surface area contributed by atoms with Crippen LogP contribution in [0.25, 0.3) is 0 Å². The number of nitrogens with one attached hydrogen (secondary N) is 1. The van der Waals surface area contributed by atoms with E-state index in [-0.39, 0.29) is 0 Å². The Hall–Kier alpha value is -1.61. The normalized spacial score (nSPS) is 15.1. The fraction of sp³-hybridized carbons (Fsp3) is 0.357. The number of rotatable bonds is 5. The van der Waals surface area contributed by atoms with E-state index in [0.717, 1.165) is 24.8 Å². The van der Waals surface area contributed by atoms with E-state index in [1.165, 1.54) is 24.0 Å². The minimum atomic E-state index is 0.730. The van der Waals surface area contributed by atoms with Gasteiger partial charge in [0, 0.05) is 12.6 Å². The van der Waals surface area contributed by atoms with E-state index in [0.29, 0.717) is 0 Å². The average molecular weight is 228 g/mol. The van der Waals surface area contributed by atoms with E-state index in [1.807, 2.05) is 6.07 Å². The van der Waals surface area contributed by atoms with Crippen molar-refractivity contribution in [3.05, 3.63) is 53.4 Å². The van der Waals surface area contributed by atoms with Crippen molar-refractivity contribution < 1.29 is 4.52 Å². The molecule has 1 aliphatic carbocycles. The second kappa shape index (κ2) is 4.72. The number of benzene rings is 1. The van der Waals surface area contributed by atoms with E-state index < -0.39 is 0 Å². The molecule has 0 saturated heterocycles. The van der Waals surface area contributed by atoms with Crippen molar-refractivity contribution >= 4 is 0 Å². The minimum absolute atomic E-state index is 0.730. The number of hydrogen-bond donors (Lipinski definition) is 1. The number of aromatic nitrogens is 1. The van der Waals surface area contributed by atoms with Crippen LogP contribution in [0.5, 0.6) is 0 Å². The molecule has 88 valence electrons. The predicted octanol–water partition coefficient (Wildman–Crippen LogP) is 2.84. The molecule has 0 spiro atoms. The fourth-order valence-electron chi connectivity index (χ4n) is 2.04. The molecule has 0 unspecified atom stereocenters. The highest BCUT2D eigenvalue weighted by Gasteiger charge is 2.23. The van der Waals surface area contributed by atoms with Crippen molar-refractivity contribution in [3.8, 4) is 0 Å². The molecule has 3 heteroatoms. The molecule has 0 bridgehead atoms. The topological polar surface area (TPSA) is 38.1 Å². The van der Waals surface area contributed by atoms with E-state index in [9.17, 15) is 0 Å². The quantitative estimate of drug-likeness (QED) is 0.855. The summed E-state index contributed by atoms with van der Waals surface area (Å²) in [6, 6.07) is 10.7. The summed E-state index contributed by atoms with van der Waals surface area (Å²) >= 11 is 0. The third-order valence-corrected chi connectivity index (χ3v) is 3.12. The Bertz CT molecular complexity index is 475. The first kappa shape index (κ1) is 10.5. The molecule has 1 N–H and O–H groups in total. The van der Waals surface area contributed by atoms with Gasteiger partial charge >= 0.3 is 0 Å². The lowest BCUT2D eigenvalue weighted by molar-refractivity contribution is 0.373. The first-order valence-electron chi connectivity index (χ1n) is 6.11. The van der Waals surface area contributed by atoms with Gasteiger partial charge in [0.05, 0.1) is 12.7 Å². The molecule has 0 aliphatic heterocycles. The third kappa shape index (κ3) is 2.74. The lowest BCUT2D eigenvalue weighted by atomic mass is 10.1. The lowest BCUT2D eigenvalue weighted by Crippen LogP contribution is -2.12. The summed E-state index contributed by atoms with van der Waals surface area (Å²) in [5.41, 5.74) is 2.83. The van der Waals surface area contributed by atoms with Gasteiger partial charge in [-0.1, -0.05) is 29.4 Å². The molecule has 1 fully saturated rings. The lowest BCUT2D eigenvalue weighted by Gasteiger charge is -2.05. The van der Waals surface area contributed by atoms with Crippen LogP contribution in [0.3, 0.4) is 0 Å². The summed E-state index contributed by atoms with van der Waals surface area (Å²) in [7, 11) is 0. The van der Waals surface area contributed by atoms with Gasteiger partial charge in [-0.3, -0.25) is 0 Å². The second-order valence-electron chi connectivity index (χ2n) is 4.60. The van der Waals surface area contributed by atoms with E-state index in [2.05, 4.69) is 34.7 Å². The molecule has 0 radical (unpaired) electrons. The van der Waals surface area contributed by atoms with Gasteiger partial charge in [-0.05, 0) is 29.9 Å². The summed E-state index contributed by atoms with van der Waals surface area (Å²) < 4.78 is 5.03. The molecule has 3 nitrogen and oxygen atoms in total. The first-order chi connectivity index (χ1) is 8.42. The van der Waals surface area contributed by atoms with Crippen LogP contribution in [0, 0.1) is 0 Å². The summed E-state index contributed by atoms with van der Waals surface area (Å²) in [6.45, 7) is 1.61. The van der Waals surface area contributed by atoms with Gasteiger partial charge in [0.2, 0.25) is 0 Å². The molecule has 0 atom stereocenters. The molecule has 17 heavy (non-hydrogen) atoms. The van der Waals surface area contributed by atoms with Crippen molar-refractivity contribution in [2.24, 2.45) is 0 Å². The van der Waals surface area contributed by atoms with Crippen LogP contribution in [0.15, 0.2) is 41.1 Å². The van der Waals surface area contributed by atoms with E-state index in [1.54, 1.807) is 6.20 Å². The van der Waals surface area contributed by atoms with Gasteiger partial charge in [0.1, 0.15) is 5.76 Å². The molecule has 1 aliphatic rings. The van der Waals surface area contributed by atoms with Crippen LogP contribution in [-0.2, 0) is 13.1 Å². The predicted molar refractivity (Wildman–Crippen MR) is 65.5 cm³/mol. The van der Waals surface area contributed by atoms with Crippen LogP contribution in [0.1, 0.15) is 35.6 Å². The highest BCUT2D eigenvalue weighted by atomic mass is 16.5. The summed E-state index contributed by atoms with van der Waals surface area (Å²) in [6.07, 6.45) is 4.38. The van der Waals surface area contributed by atoms with Gasteiger partial charge in [-0.25, -0.2) is 0 Å². The van der Waals surface area contributed by atoms with Crippen LogP contribution >= 0.6 is 0 Å². The molecule has 3 rings (SSSR count). The Kier molecular flexibility index (Phi) is 2.92. The van der Waals surface area contributed by atoms with Crippen molar-refractivity contribution in [2.45, 2.75) is 31.8 Å². The van der Waals surface area contributed by atoms with Crippen LogP contribution in [-0.4, -0.2) is 5.16 Å². The molecule has 2 aromatic rings. The second-order valence-corrected chi connectivity index (χ2v) is 4.60. The SMILES string of the molecule is c1cc(CNCc2ccno2)cc(C2CC2)c1. The van der Waals surface area contributed by atoms with Crippen LogP contribution in [0.4, 0.5) is 0 Å². The molecule has 1 aromatic carbocycles. The zero-order chi connectivity index (χ0) is 11.5. The van der Waals surface area contributed by atoms with E-state index >= 15 is 0 Å². The highest BCUT2D eigenvalue weighted by molar-refractivity contribution is 5.29. The maximum Gasteiger partial charge on any atom is 0.150 e. The van der Waals surface area contributed by atoms with Gasteiger partial charge in [-0.15, -0.1) is 0 Å². The molecular weight excluding hydrogens is 212 g/mol. The van der Waals surface area contributed by atoms with Gasteiger partial charge < -0.3 is 9.84 Å². The minimum Gasteiger partial charge on any atom is -0.360 e. The maximum absolute atomic E-state index is 5.03. The fourth-order valence-corrected chi connectivity index (χ4v) is 2.04. The standard InChI is InChI=1S/C14H16N2O/c1-2-11(8-13(3-1)12-4-5-12)9-15-10-14-6-7-16-17-14/h1-3,6-8,12,15H,4-5,9-10H2. The van der Waals surface area contributed by atoms with Crippen molar-refractivity contribution in [3.63, 3.8) is 0 Å². The Morgan fingerprint density at radius 2 is 2.18 bits per heavy atom. The third-order valence-electron chi connectivity index (χ3n) is 3.12. The first-order valence-corrected chi connectivity index (χ1v) is 6.11. The summed E-state index contributed by atoms with van der Waals surface area (Å²) in [5.74, 6) is 1.70. The Morgan fingerprint density at radius 1 is 1.24 bits per heavy atom. The molecular formula is C14H16N2O. The van der Waals surface area contributed by atoms with Gasteiger partial charge in [0.15, 0.2) is 0 Å². The molecule has 0 amide bonds. The number of hydrogen-bond acceptors (Lipinski definition) is 3.